The van der Waals surface area contributed by atoms with Crippen LogP contribution in [0, 0.1) is 11.8 Å². The molecule has 2 rings (SSSR count). The second kappa shape index (κ2) is 6.15. The normalized spacial score (nSPS) is 25.1. The summed E-state index contributed by atoms with van der Waals surface area (Å²) in [6.45, 7) is 4.34. The molecule has 0 saturated heterocycles. The first kappa shape index (κ1) is 12.6. The van der Waals surface area contributed by atoms with Crippen molar-refractivity contribution in [3.05, 3.63) is 11.9 Å². The fourth-order valence-electron chi connectivity index (χ4n) is 2.72. The summed E-state index contributed by atoms with van der Waals surface area (Å²) in [5, 5.41) is 11.3. The van der Waals surface area contributed by atoms with Gasteiger partial charge in [-0.25, -0.2) is 0 Å². The third-order valence-electron chi connectivity index (χ3n) is 4.09. The Morgan fingerprint density at radius 1 is 1.29 bits per heavy atom. The van der Waals surface area contributed by atoms with Crippen molar-refractivity contribution in [2.24, 2.45) is 18.9 Å². The monoisotopic (exact) mass is 236 g/mol. The van der Waals surface area contributed by atoms with Gasteiger partial charge in [0.05, 0.1) is 11.9 Å². The molecule has 0 aromatic carbocycles. The first-order chi connectivity index (χ1) is 8.29. The molecule has 0 atom stereocenters. The van der Waals surface area contributed by atoms with Crippen LogP contribution >= 0.6 is 0 Å². The van der Waals surface area contributed by atoms with E-state index in [-0.39, 0.29) is 0 Å². The van der Waals surface area contributed by atoms with Gasteiger partial charge in [0.15, 0.2) is 0 Å². The van der Waals surface area contributed by atoms with Crippen LogP contribution in [0.25, 0.3) is 0 Å². The van der Waals surface area contributed by atoms with Crippen molar-refractivity contribution in [3.8, 4) is 0 Å². The highest BCUT2D eigenvalue weighted by molar-refractivity contribution is 4.92. The summed E-state index contributed by atoms with van der Waals surface area (Å²) in [5.41, 5.74) is 1.16. The molecule has 0 amide bonds. The molecule has 0 spiro atoms. The molecule has 1 saturated carbocycles. The molecule has 0 aliphatic heterocycles. The van der Waals surface area contributed by atoms with Crippen LogP contribution in [0.5, 0.6) is 0 Å². The predicted molar refractivity (Wildman–Crippen MR) is 68.4 cm³/mol. The molecule has 17 heavy (non-hydrogen) atoms. The third-order valence-corrected chi connectivity index (χ3v) is 4.09. The minimum Gasteiger partial charge on any atom is -0.311 e. The van der Waals surface area contributed by atoms with Gasteiger partial charge in [-0.05, 0) is 31.2 Å². The van der Waals surface area contributed by atoms with Gasteiger partial charge in [-0.1, -0.05) is 31.4 Å². The van der Waals surface area contributed by atoms with E-state index in [1.165, 1.54) is 32.1 Å². The zero-order valence-corrected chi connectivity index (χ0v) is 11.0. The Hall–Kier alpha value is -0.900. The van der Waals surface area contributed by atoms with Crippen LogP contribution < -0.4 is 5.32 Å². The lowest BCUT2D eigenvalue weighted by atomic mass is 9.81. The van der Waals surface area contributed by atoms with E-state index < -0.39 is 0 Å². The Labute approximate surface area is 104 Å². The van der Waals surface area contributed by atoms with E-state index in [0.29, 0.717) is 0 Å². The van der Waals surface area contributed by atoms with Crippen LogP contribution in [0.15, 0.2) is 6.20 Å². The summed E-state index contributed by atoms with van der Waals surface area (Å²) in [5.74, 6) is 1.87. The molecule has 1 aliphatic rings. The summed E-state index contributed by atoms with van der Waals surface area (Å²) < 4.78 is 1.83. The van der Waals surface area contributed by atoms with Gasteiger partial charge in [-0.15, -0.1) is 5.10 Å². The molecule has 1 aliphatic carbocycles. The van der Waals surface area contributed by atoms with Crippen molar-refractivity contribution in [1.29, 1.82) is 0 Å². The van der Waals surface area contributed by atoms with E-state index in [0.717, 1.165) is 30.6 Å². The second-order valence-corrected chi connectivity index (χ2v) is 5.27. The van der Waals surface area contributed by atoms with E-state index >= 15 is 0 Å². The minimum atomic E-state index is 0.874. The molecule has 1 aromatic heterocycles. The quantitative estimate of drug-likeness (QED) is 0.851. The maximum absolute atomic E-state index is 3.93. The summed E-state index contributed by atoms with van der Waals surface area (Å²) >= 11 is 0. The average Bonchev–Trinajstić information content (AvgIpc) is 2.76. The van der Waals surface area contributed by atoms with E-state index in [9.17, 15) is 0 Å². The molecule has 4 nitrogen and oxygen atoms in total. The first-order valence-corrected chi connectivity index (χ1v) is 6.83. The Kier molecular flexibility index (Phi) is 4.54. The highest BCUT2D eigenvalue weighted by Crippen LogP contribution is 2.30. The summed E-state index contributed by atoms with van der Waals surface area (Å²) in [7, 11) is 1.94. The molecule has 1 fully saturated rings. The highest BCUT2D eigenvalue weighted by Gasteiger charge is 2.19. The van der Waals surface area contributed by atoms with Crippen molar-refractivity contribution in [3.63, 3.8) is 0 Å². The minimum absolute atomic E-state index is 0.874. The van der Waals surface area contributed by atoms with Crippen LogP contribution in [0.1, 0.15) is 44.7 Å². The lowest BCUT2D eigenvalue weighted by Gasteiger charge is -2.27. The number of hydrogen-bond donors (Lipinski definition) is 1. The fourth-order valence-corrected chi connectivity index (χ4v) is 2.72. The van der Waals surface area contributed by atoms with Crippen molar-refractivity contribution in [1.82, 2.24) is 20.3 Å². The molecule has 96 valence electrons. The number of rotatable bonds is 5. The van der Waals surface area contributed by atoms with Gasteiger partial charge in [-0.2, -0.15) is 0 Å². The summed E-state index contributed by atoms with van der Waals surface area (Å²) in [6.07, 6.45) is 8.85. The van der Waals surface area contributed by atoms with Crippen LogP contribution in [0.4, 0.5) is 0 Å². The molecular weight excluding hydrogens is 212 g/mol. The van der Waals surface area contributed by atoms with Crippen LogP contribution in [-0.2, 0) is 13.6 Å². The smallest absolute Gasteiger partial charge is 0.0738 e. The number of aromatic nitrogens is 3. The fraction of sp³-hybridized carbons (Fsp3) is 0.846. The summed E-state index contributed by atoms with van der Waals surface area (Å²) in [6, 6.07) is 0. The molecule has 1 N–H and O–H groups in total. The number of hydrogen-bond acceptors (Lipinski definition) is 3. The number of nitrogens with one attached hydrogen (secondary N) is 1. The van der Waals surface area contributed by atoms with Crippen molar-refractivity contribution in [2.45, 2.75) is 45.6 Å². The SMILES string of the molecule is CCC1CCC(CNCc2cnnn2C)CC1. The van der Waals surface area contributed by atoms with Crippen LogP contribution in [-0.4, -0.2) is 21.5 Å². The zero-order valence-electron chi connectivity index (χ0n) is 11.0. The summed E-state index contributed by atoms with van der Waals surface area (Å²) in [4.78, 5) is 0. The van der Waals surface area contributed by atoms with Crippen molar-refractivity contribution in [2.75, 3.05) is 6.54 Å². The standard InChI is InChI=1S/C13H24N4/c1-3-11-4-6-12(7-5-11)8-14-9-13-10-15-16-17(13)2/h10-12,14H,3-9H2,1-2H3. The molecular formula is C13H24N4. The van der Waals surface area contributed by atoms with Gasteiger partial charge >= 0.3 is 0 Å². The van der Waals surface area contributed by atoms with Crippen molar-refractivity contribution < 1.29 is 0 Å². The van der Waals surface area contributed by atoms with E-state index in [4.69, 9.17) is 0 Å². The van der Waals surface area contributed by atoms with Gasteiger partial charge in [0, 0.05) is 13.6 Å². The molecule has 1 aromatic rings. The number of aryl methyl sites for hydroxylation is 1. The molecule has 1 heterocycles. The highest BCUT2D eigenvalue weighted by atomic mass is 15.4. The lowest BCUT2D eigenvalue weighted by molar-refractivity contribution is 0.262. The predicted octanol–water partition coefficient (Wildman–Crippen LogP) is 2.12. The number of nitrogens with zero attached hydrogens (tertiary/aromatic N) is 3. The van der Waals surface area contributed by atoms with Gasteiger partial charge in [0.2, 0.25) is 0 Å². The third kappa shape index (κ3) is 3.53. The Morgan fingerprint density at radius 2 is 2.00 bits per heavy atom. The van der Waals surface area contributed by atoms with E-state index in [1.807, 2.05) is 17.9 Å². The molecule has 0 radical (unpaired) electrons. The van der Waals surface area contributed by atoms with Crippen LogP contribution in [0.3, 0.4) is 0 Å². The maximum atomic E-state index is 3.93. The average molecular weight is 236 g/mol. The molecule has 4 heteroatoms. The van der Waals surface area contributed by atoms with E-state index in [2.05, 4.69) is 22.6 Å². The van der Waals surface area contributed by atoms with Gasteiger partial charge in [0.1, 0.15) is 0 Å². The lowest BCUT2D eigenvalue weighted by Crippen LogP contribution is -2.26. The second-order valence-electron chi connectivity index (χ2n) is 5.27. The maximum Gasteiger partial charge on any atom is 0.0738 e. The largest absolute Gasteiger partial charge is 0.311 e. The Morgan fingerprint density at radius 3 is 2.59 bits per heavy atom. The van der Waals surface area contributed by atoms with E-state index in [1.54, 1.807) is 0 Å². The first-order valence-electron chi connectivity index (χ1n) is 6.83. The molecule has 0 unspecified atom stereocenters. The van der Waals surface area contributed by atoms with Gasteiger partial charge in [0.25, 0.3) is 0 Å². The van der Waals surface area contributed by atoms with Crippen molar-refractivity contribution >= 4 is 0 Å². The van der Waals surface area contributed by atoms with Gasteiger partial charge in [-0.3, -0.25) is 4.68 Å². The zero-order chi connectivity index (χ0) is 12.1. The Bertz CT molecular complexity index is 326. The molecule has 0 bridgehead atoms. The topological polar surface area (TPSA) is 42.7 Å². The van der Waals surface area contributed by atoms with Gasteiger partial charge < -0.3 is 5.32 Å². The Balaban J connectivity index is 1.65. The van der Waals surface area contributed by atoms with Crippen LogP contribution in [0.2, 0.25) is 0 Å².